The zero-order valence-electron chi connectivity index (χ0n) is 14.2. The van der Waals surface area contributed by atoms with Crippen molar-refractivity contribution in [3.8, 4) is 0 Å². The number of H-pyrrole nitrogens is 1. The van der Waals surface area contributed by atoms with Gasteiger partial charge in [0.25, 0.3) is 11.5 Å². The van der Waals surface area contributed by atoms with Gasteiger partial charge in [0.2, 0.25) is 0 Å². The molecule has 1 aliphatic rings. The summed E-state index contributed by atoms with van der Waals surface area (Å²) in [5.41, 5.74) is -0.573. The Morgan fingerprint density at radius 1 is 1.25 bits per heavy atom. The molecule has 5 nitrogen and oxygen atoms in total. The average Bonchev–Trinajstić information content (AvgIpc) is 2.52. The van der Waals surface area contributed by atoms with E-state index < -0.39 is 5.60 Å². The minimum Gasteiger partial charge on any atom is -0.388 e. The summed E-state index contributed by atoms with van der Waals surface area (Å²) in [4.78, 5) is 27.0. The topological polar surface area (TPSA) is 82.2 Å². The Bertz CT molecular complexity index is 825. The van der Waals surface area contributed by atoms with Crippen LogP contribution in [0.25, 0.3) is 10.8 Å². The Morgan fingerprint density at radius 3 is 2.67 bits per heavy atom. The molecule has 1 unspecified atom stereocenters. The molecule has 0 spiro atoms. The summed E-state index contributed by atoms with van der Waals surface area (Å²) in [6.45, 7) is 4.52. The molecule has 0 saturated heterocycles. The van der Waals surface area contributed by atoms with E-state index in [4.69, 9.17) is 0 Å². The Morgan fingerprint density at radius 2 is 1.96 bits per heavy atom. The average molecular weight is 328 g/mol. The molecule has 0 aliphatic heterocycles. The second-order valence-corrected chi connectivity index (χ2v) is 7.68. The molecule has 1 aliphatic carbocycles. The zero-order valence-corrected chi connectivity index (χ0v) is 14.2. The van der Waals surface area contributed by atoms with Crippen molar-refractivity contribution in [1.29, 1.82) is 0 Å². The lowest BCUT2D eigenvalue weighted by Crippen LogP contribution is -2.48. The molecule has 1 aromatic carbocycles. The number of rotatable bonds is 3. The number of pyridine rings is 1. The highest BCUT2D eigenvalue weighted by Crippen LogP contribution is 2.40. The van der Waals surface area contributed by atoms with Gasteiger partial charge in [0.1, 0.15) is 0 Å². The van der Waals surface area contributed by atoms with Crippen molar-refractivity contribution in [1.82, 2.24) is 10.3 Å². The lowest BCUT2D eigenvalue weighted by Gasteiger charge is -2.41. The maximum atomic E-state index is 12.6. The van der Waals surface area contributed by atoms with E-state index >= 15 is 0 Å². The van der Waals surface area contributed by atoms with E-state index in [2.05, 4.69) is 24.1 Å². The summed E-state index contributed by atoms with van der Waals surface area (Å²) in [6.07, 6.45) is 4.86. The second kappa shape index (κ2) is 6.06. The molecular weight excluding hydrogens is 304 g/mol. The van der Waals surface area contributed by atoms with Crippen molar-refractivity contribution in [3.63, 3.8) is 0 Å². The number of aromatic amines is 1. The fraction of sp³-hybridized carbons (Fsp3) is 0.474. The lowest BCUT2D eigenvalue weighted by atomic mass is 9.70. The van der Waals surface area contributed by atoms with Gasteiger partial charge in [-0.3, -0.25) is 9.59 Å². The molecular formula is C19H24N2O3. The molecule has 3 N–H and O–H groups in total. The standard InChI is InChI=1S/C19H24N2O3/c1-18(2)8-5-9-19(24,11-18)12-21-17(23)15-10-20-16(22)14-7-4-3-6-13(14)15/h3-4,6-7,10,24H,5,8-9,11-12H2,1-2H3,(H,20,22)(H,21,23). The number of carbonyl (C=O) groups is 1. The molecule has 5 heteroatoms. The second-order valence-electron chi connectivity index (χ2n) is 7.68. The lowest BCUT2D eigenvalue weighted by molar-refractivity contribution is -0.0361. The fourth-order valence-corrected chi connectivity index (χ4v) is 3.85. The fourth-order valence-electron chi connectivity index (χ4n) is 3.85. The van der Waals surface area contributed by atoms with Crippen LogP contribution < -0.4 is 10.9 Å². The molecule has 1 saturated carbocycles. The Kier molecular flexibility index (Phi) is 4.22. The Balaban J connectivity index is 1.79. The van der Waals surface area contributed by atoms with E-state index in [1.165, 1.54) is 6.20 Å². The van der Waals surface area contributed by atoms with Crippen LogP contribution in [0, 0.1) is 5.41 Å². The van der Waals surface area contributed by atoms with E-state index in [9.17, 15) is 14.7 Å². The smallest absolute Gasteiger partial charge is 0.255 e. The number of nitrogens with one attached hydrogen (secondary N) is 2. The van der Waals surface area contributed by atoms with Crippen molar-refractivity contribution in [2.24, 2.45) is 5.41 Å². The molecule has 1 amide bonds. The minimum absolute atomic E-state index is 0.0857. The number of amides is 1. The van der Waals surface area contributed by atoms with Gasteiger partial charge in [0.15, 0.2) is 0 Å². The number of aliphatic hydroxyl groups is 1. The van der Waals surface area contributed by atoms with Crippen LogP contribution in [0.15, 0.2) is 35.3 Å². The SMILES string of the molecule is CC1(C)CCCC(O)(CNC(=O)c2c[nH]c(=O)c3ccccc23)C1. The Labute approximate surface area is 141 Å². The Hall–Kier alpha value is -2.14. The van der Waals surface area contributed by atoms with Crippen LogP contribution in [0.3, 0.4) is 0 Å². The van der Waals surface area contributed by atoms with Crippen LogP contribution in [0.4, 0.5) is 0 Å². The van der Waals surface area contributed by atoms with Gasteiger partial charge in [-0.25, -0.2) is 0 Å². The van der Waals surface area contributed by atoms with Gasteiger partial charge in [0, 0.05) is 23.5 Å². The first-order valence-corrected chi connectivity index (χ1v) is 8.41. The van der Waals surface area contributed by atoms with Crippen molar-refractivity contribution >= 4 is 16.7 Å². The molecule has 1 aromatic heterocycles. The van der Waals surface area contributed by atoms with Crippen molar-refractivity contribution in [2.75, 3.05) is 6.54 Å². The molecule has 1 atom stereocenters. The van der Waals surface area contributed by atoms with Gasteiger partial charge in [0.05, 0.1) is 11.2 Å². The summed E-state index contributed by atoms with van der Waals surface area (Å²) in [5, 5.41) is 14.7. The van der Waals surface area contributed by atoms with Crippen LogP contribution in [0.5, 0.6) is 0 Å². The quantitative estimate of drug-likeness (QED) is 0.810. The maximum absolute atomic E-state index is 12.6. The number of carbonyl (C=O) groups excluding carboxylic acids is 1. The number of hydrogen-bond donors (Lipinski definition) is 3. The van der Waals surface area contributed by atoms with Gasteiger partial charge in [-0.2, -0.15) is 0 Å². The molecule has 2 aromatic rings. The normalized spacial score (nSPS) is 23.1. The van der Waals surface area contributed by atoms with Gasteiger partial charge in [-0.15, -0.1) is 0 Å². The van der Waals surface area contributed by atoms with E-state index in [1.54, 1.807) is 24.3 Å². The van der Waals surface area contributed by atoms with Crippen LogP contribution in [-0.4, -0.2) is 28.1 Å². The van der Waals surface area contributed by atoms with Gasteiger partial charge in [-0.1, -0.05) is 32.0 Å². The van der Waals surface area contributed by atoms with E-state index in [0.29, 0.717) is 29.2 Å². The number of hydrogen-bond acceptors (Lipinski definition) is 3. The third kappa shape index (κ3) is 3.36. The van der Waals surface area contributed by atoms with E-state index in [-0.39, 0.29) is 23.4 Å². The predicted octanol–water partition coefficient (Wildman–Crippen LogP) is 2.59. The highest BCUT2D eigenvalue weighted by Gasteiger charge is 2.38. The summed E-state index contributed by atoms with van der Waals surface area (Å²) < 4.78 is 0. The highest BCUT2D eigenvalue weighted by atomic mass is 16.3. The molecule has 0 radical (unpaired) electrons. The minimum atomic E-state index is -0.866. The van der Waals surface area contributed by atoms with E-state index in [1.807, 2.05) is 0 Å². The molecule has 1 fully saturated rings. The summed E-state index contributed by atoms with van der Waals surface area (Å²) in [7, 11) is 0. The predicted molar refractivity (Wildman–Crippen MR) is 94.1 cm³/mol. The zero-order chi connectivity index (χ0) is 17.4. The van der Waals surface area contributed by atoms with Gasteiger partial charge in [-0.05, 0) is 37.2 Å². The number of aromatic nitrogens is 1. The number of fused-ring (bicyclic) bond motifs is 1. The highest BCUT2D eigenvalue weighted by molar-refractivity contribution is 6.06. The first-order chi connectivity index (χ1) is 11.3. The number of benzene rings is 1. The largest absolute Gasteiger partial charge is 0.388 e. The van der Waals surface area contributed by atoms with Crippen LogP contribution >= 0.6 is 0 Å². The first kappa shape index (κ1) is 16.7. The molecule has 128 valence electrons. The van der Waals surface area contributed by atoms with Gasteiger partial charge >= 0.3 is 0 Å². The first-order valence-electron chi connectivity index (χ1n) is 8.41. The van der Waals surface area contributed by atoms with Crippen LogP contribution in [0.1, 0.15) is 49.9 Å². The third-order valence-electron chi connectivity index (χ3n) is 4.94. The molecule has 24 heavy (non-hydrogen) atoms. The van der Waals surface area contributed by atoms with Crippen molar-refractivity contribution in [3.05, 3.63) is 46.4 Å². The van der Waals surface area contributed by atoms with Crippen molar-refractivity contribution < 1.29 is 9.90 Å². The van der Waals surface area contributed by atoms with Crippen molar-refractivity contribution in [2.45, 2.75) is 45.1 Å². The van der Waals surface area contributed by atoms with Crippen LogP contribution in [-0.2, 0) is 0 Å². The summed E-state index contributed by atoms with van der Waals surface area (Å²) in [5.74, 6) is -0.278. The molecule has 3 rings (SSSR count). The van der Waals surface area contributed by atoms with Gasteiger partial charge < -0.3 is 15.4 Å². The summed E-state index contributed by atoms with van der Waals surface area (Å²) in [6, 6.07) is 7.03. The van der Waals surface area contributed by atoms with Crippen LogP contribution in [0.2, 0.25) is 0 Å². The molecule has 0 bridgehead atoms. The maximum Gasteiger partial charge on any atom is 0.255 e. The third-order valence-corrected chi connectivity index (χ3v) is 4.94. The molecule has 1 heterocycles. The monoisotopic (exact) mass is 328 g/mol. The summed E-state index contributed by atoms with van der Waals surface area (Å²) >= 11 is 0. The van der Waals surface area contributed by atoms with E-state index in [0.717, 1.165) is 12.8 Å².